The number of nitrogens with zero attached hydrogens (tertiary/aromatic N) is 1. The van der Waals surface area contributed by atoms with E-state index in [0.717, 1.165) is 5.56 Å². The predicted molar refractivity (Wildman–Crippen MR) is 55.6 cm³/mol. The van der Waals surface area contributed by atoms with Gasteiger partial charge in [-0.25, -0.2) is 0 Å². The van der Waals surface area contributed by atoms with E-state index in [-0.39, 0.29) is 5.91 Å². The molecular weight excluding hydrogens is 198 g/mol. The number of carbonyl (C=O) groups excluding carboxylic acids is 1. The molecule has 2 aromatic rings. The van der Waals surface area contributed by atoms with Gasteiger partial charge >= 0.3 is 0 Å². The van der Waals surface area contributed by atoms with Crippen molar-refractivity contribution in [3.05, 3.63) is 34.2 Å². The maximum atomic E-state index is 11.6. The van der Waals surface area contributed by atoms with E-state index in [0.29, 0.717) is 10.7 Å². The predicted octanol–water partition coefficient (Wildman–Crippen LogP) is 2.03. The van der Waals surface area contributed by atoms with Crippen LogP contribution < -0.4 is 5.32 Å². The second-order valence-electron chi connectivity index (χ2n) is 2.86. The molecule has 0 radical (unpaired) electrons. The molecule has 0 fully saturated rings. The molecule has 0 bridgehead atoms. The zero-order valence-corrected chi connectivity index (χ0v) is 8.39. The molecule has 72 valence electrons. The summed E-state index contributed by atoms with van der Waals surface area (Å²) in [5, 5.41) is 11.2. The van der Waals surface area contributed by atoms with E-state index < -0.39 is 0 Å². The zero-order chi connectivity index (χ0) is 9.97. The summed E-state index contributed by atoms with van der Waals surface area (Å²) >= 11 is 1.41. The van der Waals surface area contributed by atoms with Crippen LogP contribution in [0.1, 0.15) is 15.2 Å². The fraction of sp³-hybridized carbons (Fsp3) is 0.111. The van der Waals surface area contributed by atoms with Crippen LogP contribution in [0.25, 0.3) is 0 Å². The van der Waals surface area contributed by atoms with Crippen LogP contribution in [0.4, 0.5) is 5.82 Å². The van der Waals surface area contributed by atoms with Gasteiger partial charge in [0.25, 0.3) is 5.91 Å². The largest absolute Gasteiger partial charge is 0.306 e. The first-order chi connectivity index (χ1) is 6.77. The number of aromatic amines is 1. The first-order valence-corrected chi connectivity index (χ1v) is 5.00. The molecule has 0 saturated heterocycles. The molecule has 2 N–H and O–H groups in total. The van der Waals surface area contributed by atoms with Gasteiger partial charge in [-0.05, 0) is 18.4 Å². The Bertz CT molecular complexity index is 433. The average molecular weight is 207 g/mol. The number of hydrogen-bond acceptors (Lipinski definition) is 3. The summed E-state index contributed by atoms with van der Waals surface area (Å²) < 4.78 is 0. The van der Waals surface area contributed by atoms with E-state index in [4.69, 9.17) is 0 Å². The number of thiophene rings is 1. The van der Waals surface area contributed by atoms with Crippen LogP contribution in [0.3, 0.4) is 0 Å². The molecule has 0 aromatic carbocycles. The van der Waals surface area contributed by atoms with E-state index >= 15 is 0 Å². The molecule has 0 aliphatic heterocycles. The van der Waals surface area contributed by atoms with Gasteiger partial charge in [0, 0.05) is 5.56 Å². The Morgan fingerprint density at radius 2 is 2.50 bits per heavy atom. The summed E-state index contributed by atoms with van der Waals surface area (Å²) in [6.07, 6.45) is 1.67. The van der Waals surface area contributed by atoms with Crippen molar-refractivity contribution in [1.29, 1.82) is 0 Å². The van der Waals surface area contributed by atoms with Crippen molar-refractivity contribution < 1.29 is 4.79 Å². The average Bonchev–Trinajstić information content (AvgIpc) is 2.77. The summed E-state index contributed by atoms with van der Waals surface area (Å²) in [5.74, 6) is 0.552. The van der Waals surface area contributed by atoms with Crippen LogP contribution in [0.2, 0.25) is 0 Å². The third-order valence-corrected chi connectivity index (χ3v) is 2.68. The molecule has 0 aliphatic carbocycles. The summed E-state index contributed by atoms with van der Waals surface area (Å²) in [5.41, 5.74) is 0.926. The zero-order valence-electron chi connectivity index (χ0n) is 7.57. The SMILES string of the molecule is Cc1cn[nH]c1NC(=O)c1cccs1. The Kier molecular flexibility index (Phi) is 2.32. The van der Waals surface area contributed by atoms with Crippen LogP contribution in [0, 0.1) is 6.92 Å². The number of anilines is 1. The molecule has 0 unspecified atom stereocenters. The highest BCUT2D eigenvalue weighted by atomic mass is 32.1. The lowest BCUT2D eigenvalue weighted by Gasteiger charge is -2.00. The Morgan fingerprint density at radius 1 is 1.64 bits per heavy atom. The van der Waals surface area contributed by atoms with Crippen molar-refractivity contribution in [2.24, 2.45) is 0 Å². The Labute approximate surface area is 85.0 Å². The standard InChI is InChI=1S/C9H9N3OS/c1-6-5-10-12-8(6)11-9(13)7-3-2-4-14-7/h2-5H,1H3,(H2,10,11,12,13). The lowest BCUT2D eigenvalue weighted by molar-refractivity contribution is 0.103. The summed E-state index contributed by atoms with van der Waals surface area (Å²) in [6.45, 7) is 1.88. The van der Waals surface area contributed by atoms with Gasteiger partial charge in [0.1, 0.15) is 5.82 Å². The number of aromatic nitrogens is 2. The Hall–Kier alpha value is -1.62. The van der Waals surface area contributed by atoms with E-state index in [1.54, 1.807) is 12.3 Å². The van der Waals surface area contributed by atoms with E-state index in [1.807, 2.05) is 18.4 Å². The summed E-state index contributed by atoms with van der Waals surface area (Å²) in [4.78, 5) is 12.3. The molecule has 14 heavy (non-hydrogen) atoms. The molecular formula is C9H9N3OS. The van der Waals surface area contributed by atoms with Crippen molar-refractivity contribution in [2.45, 2.75) is 6.92 Å². The highest BCUT2D eigenvalue weighted by Crippen LogP contribution is 2.13. The lowest BCUT2D eigenvalue weighted by atomic mass is 10.3. The number of amides is 1. The number of nitrogens with one attached hydrogen (secondary N) is 2. The summed E-state index contributed by atoms with van der Waals surface area (Å²) in [6, 6.07) is 3.63. The highest BCUT2D eigenvalue weighted by molar-refractivity contribution is 7.12. The number of aryl methyl sites for hydroxylation is 1. The second kappa shape index (κ2) is 3.63. The second-order valence-corrected chi connectivity index (χ2v) is 3.81. The van der Waals surface area contributed by atoms with Gasteiger partial charge in [0.15, 0.2) is 0 Å². The minimum Gasteiger partial charge on any atom is -0.306 e. The molecule has 5 heteroatoms. The molecule has 0 saturated carbocycles. The van der Waals surface area contributed by atoms with Crippen LogP contribution in [0.5, 0.6) is 0 Å². The lowest BCUT2D eigenvalue weighted by Crippen LogP contribution is -2.11. The van der Waals surface area contributed by atoms with Crippen LogP contribution in [-0.4, -0.2) is 16.1 Å². The topological polar surface area (TPSA) is 57.8 Å². The quantitative estimate of drug-likeness (QED) is 0.791. The number of rotatable bonds is 2. The number of H-pyrrole nitrogens is 1. The van der Waals surface area contributed by atoms with Gasteiger partial charge in [-0.15, -0.1) is 11.3 Å². The van der Waals surface area contributed by atoms with Gasteiger partial charge in [-0.2, -0.15) is 5.10 Å². The molecule has 2 heterocycles. The fourth-order valence-electron chi connectivity index (χ4n) is 1.06. The van der Waals surface area contributed by atoms with Gasteiger partial charge in [0.05, 0.1) is 11.1 Å². The normalized spacial score (nSPS) is 10.1. The maximum Gasteiger partial charge on any atom is 0.266 e. The van der Waals surface area contributed by atoms with E-state index in [1.165, 1.54) is 11.3 Å². The summed E-state index contributed by atoms with van der Waals surface area (Å²) in [7, 11) is 0. The minimum absolute atomic E-state index is 0.104. The highest BCUT2D eigenvalue weighted by Gasteiger charge is 2.08. The third-order valence-electron chi connectivity index (χ3n) is 1.81. The first-order valence-electron chi connectivity index (χ1n) is 4.12. The number of hydrogen-bond donors (Lipinski definition) is 2. The van der Waals surface area contributed by atoms with Gasteiger partial charge in [-0.3, -0.25) is 9.89 Å². The molecule has 0 aliphatic rings. The molecule has 2 rings (SSSR count). The minimum atomic E-state index is -0.104. The van der Waals surface area contributed by atoms with Crippen LogP contribution >= 0.6 is 11.3 Å². The molecule has 2 aromatic heterocycles. The molecule has 0 atom stereocenters. The molecule has 1 amide bonds. The van der Waals surface area contributed by atoms with Gasteiger partial charge in [-0.1, -0.05) is 6.07 Å². The van der Waals surface area contributed by atoms with Crippen molar-refractivity contribution >= 4 is 23.1 Å². The maximum absolute atomic E-state index is 11.6. The van der Waals surface area contributed by atoms with Gasteiger partial charge < -0.3 is 5.32 Å². The fourth-order valence-corrected chi connectivity index (χ4v) is 1.67. The van der Waals surface area contributed by atoms with E-state index in [9.17, 15) is 4.79 Å². The monoisotopic (exact) mass is 207 g/mol. The van der Waals surface area contributed by atoms with Crippen molar-refractivity contribution in [1.82, 2.24) is 10.2 Å². The van der Waals surface area contributed by atoms with Crippen molar-refractivity contribution in [3.63, 3.8) is 0 Å². The molecule has 4 nitrogen and oxygen atoms in total. The number of carbonyl (C=O) groups is 1. The Morgan fingerprint density at radius 3 is 3.07 bits per heavy atom. The first kappa shape index (κ1) is 8.96. The van der Waals surface area contributed by atoms with Crippen LogP contribution in [0.15, 0.2) is 23.7 Å². The van der Waals surface area contributed by atoms with Crippen LogP contribution in [-0.2, 0) is 0 Å². The molecule has 0 spiro atoms. The smallest absolute Gasteiger partial charge is 0.266 e. The van der Waals surface area contributed by atoms with E-state index in [2.05, 4.69) is 15.5 Å². The third kappa shape index (κ3) is 1.67. The van der Waals surface area contributed by atoms with Gasteiger partial charge in [0.2, 0.25) is 0 Å². The Balaban J connectivity index is 2.13. The van der Waals surface area contributed by atoms with Crippen molar-refractivity contribution in [3.8, 4) is 0 Å². The van der Waals surface area contributed by atoms with Crippen molar-refractivity contribution in [2.75, 3.05) is 5.32 Å².